The maximum absolute atomic E-state index is 12.9. The van der Waals surface area contributed by atoms with E-state index in [0.29, 0.717) is 16.9 Å². The molecule has 27 heavy (non-hydrogen) atoms. The number of hydrogen-bond donors (Lipinski definition) is 3. The molecule has 1 atom stereocenters. The predicted molar refractivity (Wildman–Crippen MR) is 101 cm³/mol. The van der Waals surface area contributed by atoms with Gasteiger partial charge in [-0.3, -0.25) is 19.3 Å². The Kier molecular flexibility index (Phi) is 6.62. The van der Waals surface area contributed by atoms with Gasteiger partial charge in [-0.25, -0.2) is 4.39 Å². The first-order valence-corrected chi connectivity index (χ1v) is 8.22. The van der Waals surface area contributed by atoms with Crippen molar-refractivity contribution in [2.24, 2.45) is 5.73 Å². The molecule has 0 saturated heterocycles. The molecular formula is C19H21FN4O3. The van der Waals surface area contributed by atoms with E-state index in [1.807, 2.05) is 0 Å². The lowest BCUT2D eigenvalue weighted by atomic mass is 10.2. The molecule has 0 radical (unpaired) electrons. The van der Waals surface area contributed by atoms with E-state index in [4.69, 9.17) is 5.73 Å². The van der Waals surface area contributed by atoms with Crippen molar-refractivity contribution in [1.29, 1.82) is 0 Å². The predicted octanol–water partition coefficient (Wildman–Crippen LogP) is 1.82. The molecule has 142 valence electrons. The number of rotatable bonds is 7. The SMILES string of the molecule is C[C@H](C(=O)Nc1ccc(C(N)=O)cc1)N(C)CC(=O)Nc1ccc(F)cc1. The summed E-state index contributed by atoms with van der Waals surface area (Å²) in [6, 6.07) is 11.0. The maximum Gasteiger partial charge on any atom is 0.248 e. The molecule has 8 heteroatoms. The van der Waals surface area contributed by atoms with Gasteiger partial charge in [0.2, 0.25) is 17.7 Å². The molecule has 0 heterocycles. The Hall–Kier alpha value is -3.26. The van der Waals surface area contributed by atoms with Gasteiger partial charge >= 0.3 is 0 Å². The zero-order chi connectivity index (χ0) is 20.0. The van der Waals surface area contributed by atoms with Crippen LogP contribution in [0.4, 0.5) is 15.8 Å². The van der Waals surface area contributed by atoms with Crippen LogP contribution in [0.2, 0.25) is 0 Å². The van der Waals surface area contributed by atoms with Crippen LogP contribution < -0.4 is 16.4 Å². The highest BCUT2D eigenvalue weighted by atomic mass is 19.1. The normalized spacial score (nSPS) is 11.7. The Morgan fingerprint density at radius 3 is 2.07 bits per heavy atom. The van der Waals surface area contributed by atoms with Crippen LogP contribution in [0.1, 0.15) is 17.3 Å². The minimum Gasteiger partial charge on any atom is -0.366 e. The quantitative estimate of drug-likeness (QED) is 0.689. The van der Waals surface area contributed by atoms with Gasteiger partial charge in [-0.2, -0.15) is 0 Å². The number of anilines is 2. The second-order valence-corrected chi connectivity index (χ2v) is 6.08. The van der Waals surface area contributed by atoms with Crippen LogP contribution in [0.3, 0.4) is 0 Å². The third-order valence-electron chi connectivity index (χ3n) is 4.00. The summed E-state index contributed by atoms with van der Waals surface area (Å²) >= 11 is 0. The van der Waals surface area contributed by atoms with Crippen LogP contribution in [0, 0.1) is 5.82 Å². The largest absolute Gasteiger partial charge is 0.366 e. The summed E-state index contributed by atoms with van der Waals surface area (Å²) in [6.07, 6.45) is 0. The Morgan fingerprint density at radius 1 is 1.00 bits per heavy atom. The zero-order valence-corrected chi connectivity index (χ0v) is 15.0. The number of halogens is 1. The molecule has 2 rings (SSSR count). The lowest BCUT2D eigenvalue weighted by Gasteiger charge is -2.23. The van der Waals surface area contributed by atoms with E-state index in [2.05, 4.69) is 10.6 Å². The summed E-state index contributed by atoms with van der Waals surface area (Å²) in [4.78, 5) is 37.0. The topological polar surface area (TPSA) is 105 Å². The molecule has 0 aliphatic heterocycles. The number of benzene rings is 2. The van der Waals surface area contributed by atoms with Crippen LogP contribution in [0.5, 0.6) is 0 Å². The molecule has 0 aromatic heterocycles. The number of primary amides is 1. The van der Waals surface area contributed by atoms with Gasteiger partial charge in [0.15, 0.2) is 0 Å². The van der Waals surface area contributed by atoms with Crippen LogP contribution in [0.25, 0.3) is 0 Å². The molecule has 3 amide bonds. The standard InChI is InChI=1S/C19H21FN4O3/c1-12(19(27)23-16-7-3-13(4-8-16)18(21)26)24(2)11-17(25)22-15-9-5-14(20)6-10-15/h3-10,12H,11H2,1-2H3,(H2,21,26)(H,22,25)(H,23,27)/t12-/m1/s1. The zero-order valence-electron chi connectivity index (χ0n) is 15.0. The third kappa shape index (κ3) is 5.89. The van der Waals surface area contributed by atoms with Gasteiger partial charge in [-0.15, -0.1) is 0 Å². The molecular weight excluding hydrogens is 351 g/mol. The summed E-state index contributed by atoms with van der Waals surface area (Å²) in [7, 11) is 1.64. The Morgan fingerprint density at radius 2 is 1.52 bits per heavy atom. The Bertz CT molecular complexity index is 822. The van der Waals surface area contributed by atoms with Crippen LogP contribution >= 0.6 is 0 Å². The van der Waals surface area contributed by atoms with E-state index in [0.717, 1.165) is 0 Å². The van der Waals surface area contributed by atoms with Crippen molar-refractivity contribution in [2.45, 2.75) is 13.0 Å². The van der Waals surface area contributed by atoms with Crippen LogP contribution in [0.15, 0.2) is 48.5 Å². The summed E-state index contributed by atoms with van der Waals surface area (Å²) in [5.41, 5.74) is 6.50. The van der Waals surface area contributed by atoms with E-state index in [1.54, 1.807) is 31.0 Å². The van der Waals surface area contributed by atoms with E-state index >= 15 is 0 Å². The van der Waals surface area contributed by atoms with Gasteiger partial charge < -0.3 is 16.4 Å². The average molecular weight is 372 g/mol. The van der Waals surface area contributed by atoms with Crippen molar-refractivity contribution in [2.75, 3.05) is 24.2 Å². The van der Waals surface area contributed by atoms with Gasteiger partial charge in [0.25, 0.3) is 0 Å². The summed E-state index contributed by atoms with van der Waals surface area (Å²) in [6.45, 7) is 1.64. The third-order valence-corrected chi connectivity index (χ3v) is 4.00. The number of nitrogens with two attached hydrogens (primary N) is 1. The van der Waals surface area contributed by atoms with Gasteiger partial charge in [-0.05, 0) is 62.5 Å². The smallest absolute Gasteiger partial charge is 0.248 e. The number of nitrogens with one attached hydrogen (secondary N) is 2. The highest BCUT2D eigenvalue weighted by molar-refractivity contribution is 5.97. The molecule has 0 fully saturated rings. The van der Waals surface area contributed by atoms with Crippen LogP contribution in [-0.4, -0.2) is 42.3 Å². The number of nitrogens with zero attached hydrogens (tertiary/aromatic N) is 1. The average Bonchev–Trinajstić information content (AvgIpc) is 2.63. The number of amides is 3. The first-order chi connectivity index (χ1) is 12.8. The molecule has 2 aromatic carbocycles. The highest BCUT2D eigenvalue weighted by Crippen LogP contribution is 2.11. The fraction of sp³-hybridized carbons (Fsp3) is 0.211. The van der Waals surface area contributed by atoms with Crippen molar-refractivity contribution in [3.8, 4) is 0 Å². The second-order valence-electron chi connectivity index (χ2n) is 6.08. The first-order valence-electron chi connectivity index (χ1n) is 8.22. The number of carbonyl (C=O) groups is 3. The number of hydrogen-bond acceptors (Lipinski definition) is 4. The van der Waals surface area contributed by atoms with Crippen molar-refractivity contribution in [3.63, 3.8) is 0 Å². The van der Waals surface area contributed by atoms with Crippen molar-refractivity contribution in [1.82, 2.24) is 4.90 Å². The molecule has 0 bridgehead atoms. The van der Waals surface area contributed by atoms with Crippen molar-refractivity contribution in [3.05, 3.63) is 59.9 Å². The van der Waals surface area contributed by atoms with E-state index < -0.39 is 11.9 Å². The lowest BCUT2D eigenvalue weighted by molar-refractivity contribution is -0.122. The summed E-state index contributed by atoms with van der Waals surface area (Å²) in [5.74, 6) is -1.57. The fourth-order valence-corrected chi connectivity index (χ4v) is 2.26. The van der Waals surface area contributed by atoms with E-state index in [9.17, 15) is 18.8 Å². The highest BCUT2D eigenvalue weighted by Gasteiger charge is 2.20. The minimum absolute atomic E-state index is 0.0213. The molecule has 0 spiro atoms. The maximum atomic E-state index is 12.9. The lowest BCUT2D eigenvalue weighted by Crippen LogP contribution is -2.43. The molecule has 7 nitrogen and oxygen atoms in total. The molecule has 0 saturated carbocycles. The monoisotopic (exact) mass is 372 g/mol. The molecule has 0 unspecified atom stereocenters. The summed E-state index contributed by atoms with van der Waals surface area (Å²) in [5, 5.41) is 5.35. The fourth-order valence-electron chi connectivity index (χ4n) is 2.26. The van der Waals surface area contributed by atoms with Gasteiger partial charge in [-0.1, -0.05) is 0 Å². The molecule has 4 N–H and O–H groups in total. The van der Waals surface area contributed by atoms with Crippen molar-refractivity contribution >= 4 is 29.1 Å². The van der Waals surface area contributed by atoms with E-state index in [-0.39, 0.29) is 24.2 Å². The van der Waals surface area contributed by atoms with Gasteiger partial charge in [0.1, 0.15) is 5.82 Å². The summed E-state index contributed by atoms with van der Waals surface area (Å²) < 4.78 is 12.9. The molecule has 2 aromatic rings. The van der Waals surface area contributed by atoms with Crippen molar-refractivity contribution < 1.29 is 18.8 Å². The molecule has 0 aliphatic carbocycles. The first kappa shape index (κ1) is 20.1. The van der Waals surface area contributed by atoms with Crippen LogP contribution in [-0.2, 0) is 9.59 Å². The number of likely N-dealkylation sites (N-methyl/N-ethyl adjacent to an activating group) is 1. The van der Waals surface area contributed by atoms with Gasteiger partial charge in [0, 0.05) is 16.9 Å². The Balaban J connectivity index is 1.88. The van der Waals surface area contributed by atoms with E-state index in [1.165, 1.54) is 36.4 Å². The Labute approximate surface area is 156 Å². The molecule has 0 aliphatic rings. The number of carbonyl (C=O) groups excluding carboxylic acids is 3. The second kappa shape index (κ2) is 8.91. The minimum atomic E-state index is -0.584. The van der Waals surface area contributed by atoms with Gasteiger partial charge in [0.05, 0.1) is 12.6 Å².